The Morgan fingerprint density at radius 2 is 1.66 bits per heavy atom. The normalized spacial score (nSPS) is 11.3. The standard InChI is InChI=1S/C24H23F3N4O4/c1-13(2)28-21(32)16-10-7-8-14(3)20(16)29-22(33)18-12-19(24(25,26)27)30-31(18)17-11-6-5-9-15(17)23(34)35-4/h5-13H,1-4H3,(H,28,32)(H,29,33). The Bertz CT molecular complexity index is 1280. The molecule has 0 aliphatic heterocycles. The maximum Gasteiger partial charge on any atom is 0.435 e. The number of nitrogens with zero attached hydrogens (tertiary/aromatic N) is 2. The number of amides is 2. The molecule has 0 radical (unpaired) electrons. The van der Waals surface area contributed by atoms with E-state index in [0.29, 0.717) is 11.6 Å². The SMILES string of the molecule is COC(=O)c1ccccc1-n1nc(C(F)(F)F)cc1C(=O)Nc1c(C)cccc1C(=O)NC(C)C. The molecule has 3 aromatic rings. The van der Waals surface area contributed by atoms with Crippen molar-refractivity contribution in [3.05, 3.63) is 76.6 Å². The molecule has 184 valence electrons. The van der Waals surface area contributed by atoms with Gasteiger partial charge in [0.1, 0.15) is 5.69 Å². The lowest BCUT2D eigenvalue weighted by Crippen LogP contribution is -2.31. The summed E-state index contributed by atoms with van der Waals surface area (Å²) in [4.78, 5) is 38.1. The van der Waals surface area contributed by atoms with Crippen LogP contribution in [0.25, 0.3) is 5.69 Å². The molecule has 0 bridgehead atoms. The van der Waals surface area contributed by atoms with Crippen molar-refractivity contribution in [3.8, 4) is 5.69 Å². The third-order valence-corrected chi connectivity index (χ3v) is 4.95. The fourth-order valence-electron chi connectivity index (χ4n) is 3.35. The van der Waals surface area contributed by atoms with Crippen LogP contribution in [-0.2, 0) is 10.9 Å². The number of ether oxygens (including phenoxy) is 1. The number of methoxy groups -OCH3 is 1. The number of aromatic nitrogens is 2. The van der Waals surface area contributed by atoms with Crippen LogP contribution in [0.2, 0.25) is 0 Å². The zero-order valence-corrected chi connectivity index (χ0v) is 19.4. The van der Waals surface area contributed by atoms with E-state index >= 15 is 0 Å². The summed E-state index contributed by atoms with van der Waals surface area (Å²) in [5.41, 5.74) is -1.19. The predicted molar refractivity (Wildman–Crippen MR) is 122 cm³/mol. The molecule has 2 aromatic carbocycles. The number of aryl methyl sites for hydroxylation is 1. The van der Waals surface area contributed by atoms with Crippen molar-refractivity contribution >= 4 is 23.5 Å². The zero-order valence-electron chi connectivity index (χ0n) is 19.4. The van der Waals surface area contributed by atoms with E-state index in [9.17, 15) is 27.6 Å². The lowest BCUT2D eigenvalue weighted by molar-refractivity contribution is -0.141. The molecular weight excluding hydrogens is 465 g/mol. The van der Waals surface area contributed by atoms with Gasteiger partial charge in [0.05, 0.1) is 29.6 Å². The highest BCUT2D eigenvalue weighted by Crippen LogP contribution is 2.31. The number of anilines is 1. The first-order chi connectivity index (χ1) is 16.4. The molecule has 0 atom stereocenters. The molecule has 11 heteroatoms. The van der Waals surface area contributed by atoms with Crippen LogP contribution in [0.1, 0.15) is 56.3 Å². The van der Waals surface area contributed by atoms with Crippen molar-refractivity contribution in [2.24, 2.45) is 0 Å². The lowest BCUT2D eigenvalue weighted by Gasteiger charge is -2.16. The van der Waals surface area contributed by atoms with Crippen LogP contribution < -0.4 is 10.6 Å². The Hall–Kier alpha value is -4.15. The number of para-hydroxylation sites is 2. The highest BCUT2D eigenvalue weighted by Gasteiger charge is 2.37. The van der Waals surface area contributed by atoms with E-state index in [1.807, 2.05) is 0 Å². The molecule has 8 nitrogen and oxygen atoms in total. The van der Waals surface area contributed by atoms with Gasteiger partial charge in [-0.05, 0) is 44.5 Å². The summed E-state index contributed by atoms with van der Waals surface area (Å²) in [5.74, 6) is -2.23. The summed E-state index contributed by atoms with van der Waals surface area (Å²) in [5, 5.41) is 8.82. The van der Waals surface area contributed by atoms with Gasteiger partial charge in [-0.2, -0.15) is 18.3 Å². The van der Waals surface area contributed by atoms with Crippen molar-refractivity contribution in [2.75, 3.05) is 12.4 Å². The van der Waals surface area contributed by atoms with E-state index in [1.165, 1.54) is 30.3 Å². The van der Waals surface area contributed by atoms with Crippen molar-refractivity contribution < 1.29 is 32.3 Å². The van der Waals surface area contributed by atoms with Gasteiger partial charge < -0.3 is 15.4 Å². The van der Waals surface area contributed by atoms with Gasteiger partial charge in [0, 0.05) is 12.1 Å². The van der Waals surface area contributed by atoms with E-state index in [-0.39, 0.29) is 28.5 Å². The van der Waals surface area contributed by atoms with E-state index in [0.717, 1.165) is 11.8 Å². The van der Waals surface area contributed by atoms with Gasteiger partial charge in [-0.15, -0.1) is 0 Å². The number of hydrogen-bond donors (Lipinski definition) is 2. The molecule has 0 saturated heterocycles. The number of carbonyl (C=O) groups excluding carboxylic acids is 3. The van der Waals surface area contributed by atoms with Gasteiger partial charge >= 0.3 is 12.1 Å². The van der Waals surface area contributed by atoms with Gasteiger partial charge in [-0.3, -0.25) is 9.59 Å². The van der Waals surface area contributed by atoms with Crippen LogP contribution in [0.3, 0.4) is 0 Å². The van der Waals surface area contributed by atoms with Gasteiger partial charge in [-0.1, -0.05) is 24.3 Å². The highest BCUT2D eigenvalue weighted by molar-refractivity contribution is 6.09. The van der Waals surface area contributed by atoms with Crippen molar-refractivity contribution in [3.63, 3.8) is 0 Å². The summed E-state index contributed by atoms with van der Waals surface area (Å²) in [6.45, 7) is 5.18. The third-order valence-electron chi connectivity index (χ3n) is 4.95. The first-order valence-electron chi connectivity index (χ1n) is 10.5. The number of alkyl halides is 3. The Kier molecular flexibility index (Phi) is 7.28. The largest absolute Gasteiger partial charge is 0.465 e. The minimum atomic E-state index is -4.86. The Morgan fingerprint density at radius 3 is 2.29 bits per heavy atom. The zero-order chi connectivity index (χ0) is 25.9. The molecule has 35 heavy (non-hydrogen) atoms. The number of rotatable bonds is 6. The fraction of sp³-hybridized carbons (Fsp3) is 0.250. The molecular formula is C24H23F3N4O4. The molecule has 0 fully saturated rings. The van der Waals surface area contributed by atoms with Gasteiger partial charge in [0.2, 0.25) is 0 Å². The number of benzene rings is 2. The number of halogens is 3. The topological polar surface area (TPSA) is 102 Å². The molecule has 0 spiro atoms. The number of nitrogens with one attached hydrogen (secondary N) is 2. The smallest absolute Gasteiger partial charge is 0.435 e. The lowest BCUT2D eigenvalue weighted by atomic mass is 10.1. The second kappa shape index (κ2) is 10.00. The molecule has 0 aliphatic rings. The minimum absolute atomic E-state index is 0.0810. The summed E-state index contributed by atoms with van der Waals surface area (Å²) in [6, 6.07) is 10.8. The Labute approximate surface area is 199 Å². The van der Waals surface area contributed by atoms with Gasteiger partial charge in [0.15, 0.2) is 5.69 Å². The van der Waals surface area contributed by atoms with E-state index in [2.05, 4.69) is 15.7 Å². The average Bonchev–Trinajstić information content (AvgIpc) is 3.25. The van der Waals surface area contributed by atoms with Crippen LogP contribution >= 0.6 is 0 Å². The van der Waals surface area contributed by atoms with Crippen LogP contribution in [0, 0.1) is 6.92 Å². The molecule has 0 aliphatic carbocycles. The average molecular weight is 488 g/mol. The predicted octanol–water partition coefficient (Wildman–Crippen LogP) is 4.38. The molecule has 1 aromatic heterocycles. The van der Waals surface area contributed by atoms with Crippen molar-refractivity contribution in [2.45, 2.75) is 33.0 Å². The second-order valence-corrected chi connectivity index (χ2v) is 7.91. The monoisotopic (exact) mass is 488 g/mol. The van der Waals surface area contributed by atoms with E-state index < -0.39 is 35.3 Å². The fourth-order valence-corrected chi connectivity index (χ4v) is 3.35. The number of carbonyl (C=O) groups is 3. The molecule has 1 heterocycles. The molecule has 0 saturated carbocycles. The number of esters is 1. The quantitative estimate of drug-likeness (QED) is 0.502. The summed E-state index contributed by atoms with van der Waals surface area (Å²) >= 11 is 0. The Balaban J connectivity index is 2.13. The van der Waals surface area contributed by atoms with E-state index in [4.69, 9.17) is 4.74 Å². The molecule has 3 rings (SSSR count). The molecule has 2 N–H and O–H groups in total. The van der Waals surface area contributed by atoms with Crippen molar-refractivity contribution in [1.82, 2.24) is 15.1 Å². The highest BCUT2D eigenvalue weighted by atomic mass is 19.4. The third kappa shape index (κ3) is 5.51. The molecule has 2 amide bonds. The maximum atomic E-state index is 13.5. The minimum Gasteiger partial charge on any atom is -0.465 e. The van der Waals surface area contributed by atoms with Crippen LogP contribution in [0.4, 0.5) is 18.9 Å². The van der Waals surface area contributed by atoms with Crippen LogP contribution in [0.5, 0.6) is 0 Å². The maximum absolute atomic E-state index is 13.5. The van der Waals surface area contributed by atoms with Gasteiger partial charge in [0.25, 0.3) is 11.8 Å². The summed E-state index contributed by atoms with van der Waals surface area (Å²) in [6.07, 6.45) is -4.86. The first kappa shape index (κ1) is 25.5. The second-order valence-electron chi connectivity index (χ2n) is 7.91. The summed E-state index contributed by atoms with van der Waals surface area (Å²) < 4.78 is 46.0. The van der Waals surface area contributed by atoms with Gasteiger partial charge in [-0.25, -0.2) is 9.48 Å². The molecule has 0 unspecified atom stereocenters. The summed E-state index contributed by atoms with van der Waals surface area (Å²) in [7, 11) is 1.12. The van der Waals surface area contributed by atoms with Crippen LogP contribution in [-0.4, -0.2) is 40.7 Å². The Morgan fingerprint density at radius 1 is 1.00 bits per heavy atom. The first-order valence-corrected chi connectivity index (χ1v) is 10.5. The van der Waals surface area contributed by atoms with Crippen molar-refractivity contribution in [1.29, 1.82) is 0 Å². The number of hydrogen-bond acceptors (Lipinski definition) is 5. The van der Waals surface area contributed by atoms with E-state index in [1.54, 1.807) is 32.9 Å². The van der Waals surface area contributed by atoms with Crippen LogP contribution in [0.15, 0.2) is 48.5 Å².